The lowest BCUT2D eigenvalue weighted by atomic mass is 10.3. The van der Waals surface area contributed by atoms with Crippen LogP contribution in [0.3, 0.4) is 0 Å². The van der Waals surface area contributed by atoms with E-state index in [1.165, 1.54) is 6.42 Å². The van der Waals surface area contributed by atoms with Crippen LogP contribution in [0.2, 0.25) is 0 Å². The van der Waals surface area contributed by atoms with Crippen LogP contribution >= 0.6 is 0 Å². The van der Waals surface area contributed by atoms with Crippen molar-refractivity contribution < 1.29 is 14.2 Å². The zero-order valence-corrected chi connectivity index (χ0v) is 14.6. The molecule has 0 aliphatic rings. The summed E-state index contributed by atoms with van der Waals surface area (Å²) in [6, 6.07) is 5.65. The van der Waals surface area contributed by atoms with Gasteiger partial charge in [-0.25, -0.2) is 0 Å². The molecule has 1 aromatic carbocycles. The Bertz CT molecular complexity index is 478. The first-order valence-electron chi connectivity index (χ1n) is 8.02. The van der Waals surface area contributed by atoms with Crippen molar-refractivity contribution in [3.8, 4) is 11.5 Å². The maximum absolute atomic E-state index is 5.53. The largest absolute Gasteiger partial charge is 0.493 e. The zero-order valence-electron chi connectivity index (χ0n) is 14.6. The molecule has 0 fully saturated rings. The Kier molecular flexibility index (Phi) is 9.63. The Hall–Kier alpha value is -1.95. The number of nitrogens with one attached hydrogen (secondary N) is 2. The van der Waals surface area contributed by atoms with Gasteiger partial charge in [-0.3, -0.25) is 4.99 Å². The van der Waals surface area contributed by atoms with Crippen LogP contribution in [0.25, 0.3) is 0 Å². The van der Waals surface area contributed by atoms with E-state index in [0.717, 1.165) is 38.3 Å². The van der Waals surface area contributed by atoms with Crippen molar-refractivity contribution in [3.05, 3.63) is 18.2 Å². The molecule has 1 aromatic rings. The lowest BCUT2D eigenvalue weighted by molar-refractivity contribution is 0.129. The Morgan fingerprint density at radius 2 is 1.83 bits per heavy atom. The molecule has 0 heterocycles. The number of aliphatic imine (C=N–C) groups is 1. The summed E-state index contributed by atoms with van der Waals surface area (Å²) >= 11 is 0. The number of nitrogens with zero attached hydrogens (tertiary/aromatic N) is 1. The van der Waals surface area contributed by atoms with Crippen LogP contribution in [0.4, 0.5) is 5.69 Å². The molecule has 0 aliphatic heterocycles. The first kappa shape index (κ1) is 19.1. The minimum absolute atomic E-state index is 0.678. The van der Waals surface area contributed by atoms with E-state index in [2.05, 4.69) is 22.5 Å². The monoisotopic (exact) mass is 323 g/mol. The first-order chi connectivity index (χ1) is 11.2. The van der Waals surface area contributed by atoms with Gasteiger partial charge in [0.1, 0.15) is 0 Å². The van der Waals surface area contributed by atoms with Gasteiger partial charge in [0.15, 0.2) is 17.5 Å². The van der Waals surface area contributed by atoms with Crippen molar-refractivity contribution in [1.29, 1.82) is 0 Å². The number of anilines is 1. The third-order valence-electron chi connectivity index (χ3n) is 3.27. The van der Waals surface area contributed by atoms with Gasteiger partial charge in [0.2, 0.25) is 0 Å². The second kappa shape index (κ2) is 11.6. The van der Waals surface area contributed by atoms with Gasteiger partial charge < -0.3 is 24.8 Å². The molecule has 0 amide bonds. The number of hydrogen-bond donors (Lipinski definition) is 2. The minimum atomic E-state index is 0.678. The molecule has 2 N–H and O–H groups in total. The molecule has 6 nitrogen and oxygen atoms in total. The zero-order chi connectivity index (χ0) is 16.9. The fourth-order valence-electron chi connectivity index (χ4n) is 1.96. The molecule has 1 rings (SSSR count). The van der Waals surface area contributed by atoms with Crippen LogP contribution < -0.4 is 20.1 Å². The van der Waals surface area contributed by atoms with Gasteiger partial charge in [-0.2, -0.15) is 0 Å². The first-order valence-corrected chi connectivity index (χ1v) is 8.02. The third-order valence-corrected chi connectivity index (χ3v) is 3.27. The number of rotatable bonds is 10. The summed E-state index contributed by atoms with van der Waals surface area (Å²) in [4.78, 5) is 4.21. The minimum Gasteiger partial charge on any atom is -0.493 e. The molecule has 130 valence electrons. The Morgan fingerprint density at radius 3 is 2.48 bits per heavy atom. The van der Waals surface area contributed by atoms with Gasteiger partial charge in [-0.1, -0.05) is 13.3 Å². The average molecular weight is 323 g/mol. The summed E-state index contributed by atoms with van der Waals surface area (Å²) in [6.45, 7) is 4.57. The van der Waals surface area contributed by atoms with Crippen molar-refractivity contribution >= 4 is 11.6 Å². The number of methoxy groups -OCH3 is 2. The number of unbranched alkanes of at least 4 members (excludes halogenated alkanes) is 1. The highest BCUT2D eigenvalue weighted by Gasteiger charge is 2.06. The number of hydrogen-bond acceptors (Lipinski definition) is 4. The van der Waals surface area contributed by atoms with Crippen molar-refractivity contribution in [2.24, 2.45) is 4.99 Å². The highest BCUT2D eigenvalue weighted by Crippen LogP contribution is 2.29. The van der Waals surface area contributed by atoms with Crippen molar-refractivity contribution in [3.63, 3.8) is 0 Å². The molecule has 0 spiro atoms. The van der Waals surface area contributed by atoms with Crippen LogP contribution in [0.1, 0.15) is 26.2 Å². The van der Waals surface area contributed by atoms with Crippen LogP contribution in [-0.2, 0) is 4.74 Å². The van der Waals surface area contributed by atoms with Gasteiger partial charge in [0, 0.05) is 38.6 Å². The molecule has 0 aliphatic carbocycles. The van der Waals surface area contributed by atoms with Crippen LogP contribution in [0.5, 0.6) is 11.5 Å². The smallest absolute Gasteiger partial charge is 0.195 e. The van der Waals surface area contributed by atoms with E-state index in [4.69, 9.17) is 14.2 Å². The van der Waals surface area contributed by atoms with Gasteiger partial charge in [0.05, 0.1) is 14.2 Å². The number of benzene rings is 1. The maximum Gasteiger partial charge on any atom is 0.195 e. The standard InChI is InChI=1S/C17H29N3O3/c1-5-6-11-23-12-7-10-19-17(18-2)20-14-8-9-15(21-3)16(13-14)22-4/h8-9,13H,5-7,10-12H2,1-4H3,(H2,18,19,20). The molecule has 0 radical (unpaired) electrons. The highest BCUT2D eigenvalue weighted by molar-refractivity contribution is 5.93. The summed E-state index contributed by atoms with van der Waals surface area (Å²) in [5.74, 6) is 2.09. The van der Waals surface area contributed by atoms with E-state index in [-0.39, 0.29) is 0 Å². The Labute approximate surface area is 139 Å². The van der Waals surface area contributed by atoms with Crippen LogP contribution in [-0.4, -0.2) is 47.0 Å². The van der Waals surface area contributed by atoms with E-state index >= 15 is 0 Å². The third kappa shape index (κ3) is 7.23. The van der Waals surface area contributed by atoms with E-state index in [0.29, 0.717) is 17.5 Å². The molecule has 23 heavy (non-hydrogen) atoms. The predicted molar refractivity (Wildman–Crippen MR) is 94.9 cm³/mol. The molecule has 0 bridgehead atoms. The quantitative estimate of drug-likeness (QED) is 0.394. The number of guanidine groups is 1. The average Bonchev–Trinajstić information content (AvgIpc) is 2.59. The fourth-order valence-corrected chi connectivity index (χ4v) is 1.96. The number of ether oxygens (including phenoxy) is 3. The molecule has 0 atom stereocenters. The van der Waals surface area contributed by atoms with Crippen molar-refractivity contribution in [2.75, 3.05) is 46.3 Å². The van der Waals surface area contributed by atoms with Gasteiger partial charge in [0.25, 0.3) is 0 Å². The van der Waals surface area contributed by atoms with Crippen molar-refractivity contribution in [2.45, 2.75) is 26.2 Å². The van der Waals surface area contributed by atoms with E-state index in [9.17, 15) is 0 Å². The second-order valence-corrected chi connectivity index (χ2v) is 5.01. The second-order valence-electron chi connectivity index (χ2n) is 5.01. The molecule has 0 saturated carbocycles. The predicted octanol–water partition coefficient (Wildman–Crippen LogP) is 2.90. The molecule has 0 unspecified atom stereocenters. The van der Waals surface area contributed by atoms with Crippen LogP contribution in [0.15, 0.2) is 23.2 Å². The Balaban J connectivity index is 2.39. The van der Waals surface area contributed by atoms with Gasteiger partial charge >= 0.3 is 0 Å². The van der Waals surface area contributed by atoms with E-state index in [1.807, 2.05) is 18.2 Å². The van der Waals surface area contributed by atoms with Crippen molar-refractivity contribution in [1.82, 2.24) is 5.32 Å². The molecule has 0 aromatic heterocycles. The SMILES string of the molecule is CCCCOCCCNC(=NC)Nc1ccc(OC)c(OC)c1. The van der Waals surface area contributed by atoms with Crippen LogP contribution in [0, 0.1) is 0 Å². The molecular weight excluding hydrogens is 294 g/mol. The van der Waals surface area contributed by atoms with Gasteiger partial charge in [-0.05, 0) is 25.0 Å². The van der Waals surface area contributed by atoms with E-state index < -0.39 is 0 Å². The summed E-state index contributed by atoms with van der Waals surface area (Å²) in [7, 11) is 4.98. The van der Waals surface area contributed by atoms with Gasteiger partial charge in [-0.15, -0.1) is 0 Å². The fraction of sp³-hybridized carbons (Fsp3) is 0.588. The Morgan fingerprint density at radius 1 is 1.09 bits per heavy atom. The maximum atomic E-state index is 5.53. The molecule has 6 heteroatoms. The summed E-state index contributed by atoms with van der Waals surface area (Å²) in [5.41, 5.74) is 0.884. The highest BCUT2D eigenvalue weighted by atomic mass is 16.5. The van der Waals surface area contributed by atoms with E-state index in [1.54, 1.807) is 21.3 Å². The normalized spacial score (nSPS) is 11.2. The lowest BCUT2D eigenvalue weighted by Gasteiger charge is -2.14. The summed E-state index contributed by atoms with van der Waals surface area (Å²) < 4.78 is 16.1. The topological polar surface area (TPSA) is 64.1 Å². The summed E-state index contributed by atoms with van der Waals surface area (Å²) in [6.07, 6.45) is 3.23. The molecular formula is C17H29N3O3. The molecule has 0 saturated heterocycles. The summed E-state index contributed by atoms with van der Waals surface area (Å²) in [5, 5.41) is 6.49. The lowest BCUT2D eigenvalue weighted by Crippen LogP contribution is -2.31.